The lowest BCUT2D eigenvalue weighted by molar-refractivity contribution is 0.0296. The third kappa shape index (κ3) is 4.94. The molecule has 3 unspecified atom stereocenters. The van der Waals surface area contributed by atoms with Gasteiger partial charge in [0.1, 0.15) is 0 Å². The number of nitrogens with one attached hydrogen (secondary N) is 1. The van der Waals surface area contributed by atoms with Crippen LogP contribution < -0.4 is 5.32 Å². The van der Waals surface area contributed by atoms with E-state index in [2.05, 4.69) is 19.2 Å². The minimum absolute atomic E-state index is 0.261. The molecule has 0 fully saturated rings. The summed E-state index contributed by atoms with van der Waals surface area (Å²) in [6.07, 6.45) is 1.33. The van der Waals surface area contributed by atoms with Crippen LogP contribution in [0.15, 0.2) is 0 Å². The smallest absolute Gasteiger partial charge is 0.0702 e. The number of ether oxygens (including phenoxy) is 2. The summed E-state index contributed by atoms with van der Waals surface area (Å²) in [5.41, 5.74) is 0. The molecule has 3 atom stereocenters. The molecule has 1 N–H and O–H groups in total. The Labute approximate surface area is 88.2 Å². The highest BCUT2D eigenvalue weighted by Crippen LogP contribution is 2.13. The SMILES string of the molecule is CCOC(C)C(NC)C(C)CCOC. The fourth-order valence-electron chi connectivity index (χ4n) is 1.83. The molecule has 0 aliphatic heterocycles. The van der Waals surface area contributed by atoms with Gasteiger partial charge in [-0.05, 0) is 33.2 Å². The first kappa shape index (κ1) is 13.9. The van der Waals surface area contributed by atoms with Crippen molar-refractivity contribution < 1.29 is 9.47 Å². The number of hydrogen-bond donors (Lipinski definition) is 1. The van der Waals surface area contributed by atoms with Crippen molar-refractivity contribution in [3.8, 4) is 0 Å². The van der Waals surface area contributed by atoms with Crippen LogP contribution in [0.5, 0.6) is 0 Å². The molecule has 86 valence electrons. The Hall–Kier alpha value is -0.120. The second kappa shape index (κ2) is 8.21. The Morgan fingerprint density at radius 2 is 1.93 bits per heavy atom. The van der Waals surface area contributed by atoms with Crippen molar-refractivity contribution in [2.45, 2.75) is 39.3 Å². The van der Waals surface area contributed by atoms with Crippen molar-refractivity contribution in [1.82, 2.24) is 5.32 Å². The molecule has 0 rings (SSSR count). The first-order chi connectivity index (χ1) is 6.67. The Morgan fingerprint density at radius 3 is 2.36 bits per heavy atom. The molecule has 0 aliphatic rings. The summed E-state index contributed by atoms with van der Waals surface area (Å²) in [5.74, 6) is 0.571. The molecule has 0 radical (unpaired) electrons. The number of methoxy groups -OCH3 is 1. The van der Waals surface area contributed by atoms with Gasteiger partial charge in [0.25, 0.3) is 0 Å². The molecule has 0 aromatic carbocycles. The van der Waals surface area contributed by atoms with E-state index in [0.717, 1.165) is 19.6 Å². The van der Waals surface area contributed by atoms with Crippen LogP contribution in [0, 0.1) is 5.92 Å². The van der Waals surface area contributed by atoms with Crippen LogP contribution in [0.1, 0.15) is 27.2 Å². The fraction of sp³-hybridized carbons (Fsp3) is 1.00. The predicted molar refractivity (Wildman–Crippen MR) is 59.6 cm³/mol. The summed E-state index contributed by atoms with van der Waals surface area (Å²) in [7, 11) is 3.73. The molecule has 0 aromatic rings. The molecule has 0 amide bonds. The van der Waals surface area contributed by atoms with E-state index in [1.807, 2.05) is 14.0 Å². The van der Waals surface area contributed by atoms with Gasteiger partial charge >= 0.3 is 0 Å². The summed E-state index contributed by atoms with van der Waals surface area (Å²) in [6, 6.07) is 0.408. The summed E-state index contributed by atoms with van der Waals surface area (Å²) >= 11 is 0. The van der Waals surface area contributed by atoms with E-state index in [0.29, 0.717) is 12.0 Å². The number of hydrogen-bond acceptors (Lipinski definition) is 3. The minimum atomic E-state index is 0.261. The number of rotatable bonds is 8. The topological polar surface area (TPSA) is 30.5 Å². The van der Waals surface area contributed by atoms with Gasteiger partial charge in [-0.1, -0.05) is 6.92 Å². The van der Waals surface area contributed by atoms with E-state index in [9.17, 15) is 0 Å². The van der Waals surface area contributed by atoms with E-state index < -0.39 is 0 Å². The molecule has 3 nitrogen and oxygen atoms in total. The van der Waals surface area contributed by atoms with Gasteiger partial charge in [-0.25, -0.2) is 0 Å². The maximum absolute atomic E-state index is 5.59. The van der Waals surface area contributed by atoms with Gasteiger partial charge in [0.15, 0.2) is 0 Å². The van der Waals surface area contributed by atoms with Gasteiger partial charge in [0.2, 0.25) is 0 Å². The molecule has 0 saturated heterocycles. The van der Waals surface area contributed by atoms with Crippen molar-refractivity contribution in [3.05, 3.63) is 0 Å². The molecule has 0 heterocycles. The molecule has 0 aliphatic carbocycles. The maximum atomic E-state index is 5.59. The Kier molecular flexibility index (Phi) is 8.14. The van der Waals surface area contributed by atoms with E-state index in [1.165, 1.54) is 0 Å². The van der Waals surface area contributed by atoms with Crippen LogP contribution in [0.2, 0.25) is 0 Å². The van der Waals surface area contributed by atoms with Gasteiger partial charge in [0.05, 0.1) is 6.10 Å². The molecular formula is C11H25NO2. The lowest BCUT2D eigenvalue weighted by atomic mass is 9.95. The Balaban J connectivity index is 3.96. The highest BCUT2D eigenvalue weighted by Gasteiger charge is 2.21. The Morgan fingerprint density at radius 1 is 1.29 bits per heavy atom. The maximum Gasteiger partial charge on any atom is 0.0702 e. The van der Waals surface area contributed by atoms with E-state index in [-0.39, 0.29) is 6.10 Å². The molecule has 0 bridgehead atoms. The molecule has 0 aromatic heterocycles. The quantitative estimate of drug-likeness (QED) is 0.651. The fourth-order valence-corrected chi connectivity index (χ4v) is 1.83. The molecule has 0 spiro atoms. The summed E-state index contributed by atoms with van der Waals surface area (Å²) in [6.45, 7) is 7.97. The van der Waals surface area contributed by atoms with Crippen LogP contribution in [-0.2, 0) is 9.47 Å². The lowest BCUT2D eigenvalue weighted by Crippen LogP contribution is -2.43. The van der Waals surface area contributed by atoms with E-state index in [1.54, 1.807) is 7.11 Å². The van der Waals surface area contributed by atoms with Crippen molar-refractivity contribution in [1.29, 1.82) is 0 Å². The van der Waals surface area contributed by atoms with Crippen molar-refractivity contribution in [3.63, 3.8) is 0 Å². The summed E-state index contributed by atoms with van der Waals surface area (Å²) in [4.78, 5) is 0. The minimum Gasteiger partial charge on any atom is -0.385 e. The molecule has 0 saturated carbocycles. The van der Waals surface area contributed by atoms with Crippen LogP contribution in [0.3, 0.4) is 0 Å². The van der Waals surface area contributed by atoms with Crippen molar-refractivity contribution in [2.24, 2.45) is 5.92 Å². The molecule has 3 heteroatoms. The van der Waals surface area contributed by atoms with Gasteiger partial charge in [0, 0.05) is 26.4 Å². The van der Waals surface area contributed by atoms with Crippen LogP contribution in [0.4, 0.5) is 0 Å². The monoisotopic (exact) mass is 203 g/mol. The highest BCUT2D eigenvalue weighted by molar-refractivity contribution is 4.77. The third-order valence-corrected chi connectivity index (χ3v) is 2.66. The second-order valence-corrected chi connectivity index (χ2v) is 3.73. The van der Waals surface area contributed by atoms with Gasteiger partial charge in [-0.3, -0.25) is 0 Å². The predicted octanol–water partition coefficient (Wildman–Crippen LogP) is 1.67. The van der Waals surface area contributed by atoms with Gasteiger partial charge in [-0.15, -0.1) is 0 Å². The van der Waals surface area contributed by atoms with E-state index >= 15 is 0 Å². The van der Waals surface area contributed by atoms with Gasteiger partial charge in [-0.2, -0.15) is 0 Å². The third-order valence-electron chi connectivity index (χ3n) is 2.66. The largest absolute Gasteiger partial charge is 0.385 e. The highest BCUT2D eigenvalue weighted by atomic mass is 16.5. The van der Waals surface area contributed by atoms with Crippen LogP contribution >= 0.6 is 0 Å². The van der Waals surface area contributed by atoms with Gasteiger partial charge < -0.3 is 14.8 Å². The average molecular weight is 203 g/mol. The zero-order valence-corrected chi connectivity index (χ0v) is 10.2. The standard InChI is InChI=1S/C11H25NO2/c1-6-14-10(3)11(12-4)9(2)7-8-13-5/h9-12H,6-8H2,1-5H3. The zero-order chi connectivity index (χ0) is 11.0. The lowest BCUT2D eigenvalue weighted by Gasteiger charge is -2.29. The summed E-state index contributed by atoms with van der Waals surface area (Å²) < 4.78 is 10.7. The van der Waals surface area contributed by atoms with E-state index in [4.69, 9.17) is 9.47 Å². The number of likely N-dealkylation sites (N-methyl/N-ethyl adjacent to an activating group) is 1. The average Bonchev–Trinajstić information content (AvgIpc) is 2.16. The Bertz CT molecular complexity index is 130. The van der Waals surface area contributed by atoms with Crippen molar-refractivity contribution >= 4 is 0 Å². The zero-order valence-electron chi connectivity index (χ0n) is 10.2. The van der Waals surface area contributed by atoms with Crippen LogP contribution in [0.25, 0.3) is 0 Å². The normalized spacial score (nSPS) is 17.8. The first-order valence-corrected chi connectivity index (χ1v) is 5.45. The van der Waals surface area contributed by atoms with Crippen LogP contribution in [-0.4, -0.2) is 39.5 Å². The molecule has 14 heavy (non-hydrogen) atoms. The van der Waals surface area contributed by atoms with Crippen molar-refractivity contribution in [2.75, 3.05) is 27.4 Å². The summed E-state index contributed by atoms with van der Waals surface area (Å²) in [5, 5.41) is 3.31. The first-order valence-electron chi connectivity index (χ1n) is 5.45. The molecular weight excluding hydrogens is 178 g/mol. The second-order valence-electron chi connectivity index (χ2n) is 3.73.